The highest BCUT2D eigenvalue weighted by Crippen LogP contribution is 2.36. The molecule has 2 atom stereocenters. The zero-order chi connectivity index (χ0) is 18.1. The van der Waals surface area contributed by atoms with Gasteiger partial charge in [-0.15, -0.1) is 0 Å². The molecule has 1 aliphatic heterocycles. The SMILES string of the molecule is CN1C(=O)CC[C@H](C(=O)Nc2ccnc3ccnn23)[C@@H]1c1ccccc1. The second kappa shape index (κ2) is 6.59. The molecule has 0 saturated carbocycles. The first-order valence-electron chi connectivity index (χ1n) is 8.55. The van der Waals surface area contributed by atoms with Crippen molar-refractivity contribution < 1.29 is 9.59 Å². The third-order valence-corrected chi connectivity index (χ3v) is 4.88. The van der Waals surface area contributed by atoms with E-state index in [0.717, 1.165) is 5.56 Å². The summed E-state index contributed by atoms with van der Waals surface area (Å²) in [5.41, 5.74) is 1.63. The lowest BCUT2D eigenvalue weighted by atomic mass is 9.84. The van der Waals surface area contributed by atoms with Gasteiger partial charge in [0.15, 0.2) is 5.65 Å². The van der Waals surface area contributed by atoms with E-state index in [2.05, 4.69) is 15.4 Å². The molecule has 1 saturated heterocycles. The van der Waals surface area contributed by atoms with Crippen LogP contribution in [-0.4, -0.2) is 38.4 Å². The summed E-state index contributed by atoms with van der Waals surface area (Å²) in [6, 6.07) is 12.9. The van der Waals surface area contributed by atoms with E-state index >= 15 is 0 Å². The predicted octanol–water partition coefficient (Wildman–Crippen LogP) is 2.28. The molecule has 132 valence electrons. The summed E-state index contributed by atoms with van der Waals surface area (Å²) in [5.74, 6) is 0.165. The van der Waals surface area contributed by atoms with Gasteiger partial charge in [-0.25, -0.2) is 4.98 Å². The zero-order valence-electron chi connectivity index (χ0n) is 14.4. The van der Waals surface area contributed by atoms with Gasteiger partial charge < -0.3 is 10.2 Å². The average molecular weight is 349 g/mol. The lowest BCUT2D eigenvalue weighted by Crippen LogP contribution is -2.44. The fourth-order valence-corrected chi connectivity index (χ4v) is 3.57. The van der Waals surface area contributed by atoms with Crippen LogP contribution >= 0.6 is 0 Å². The molecule has 0 aliphatic carbocycles. The van der Waals surface area contributed by atoms with Crippen molar-refractivity contribution in [2.45, 2.75) is 18.9 Å². The summed E-state index contributed by atoms with van der Waals surface area (Å²) in [6.45, 7) is 0. The molecular formula is C19H19N5O2. The maximum Gasteiger partial charge on any atom is 0.231 e. The quantitative estimate of drug-likeness (QED) is 0.787. The monoisotopic (exact) mass is 349 g/mol. The minimum Gasteiger partial charge on any atom is -0.338 e. The normalized spacial score (nSPS) is 20.3. The Labute approximate surface area is 150 Å². The second-order valence-electron chi connectivity index (χ2n) is 6.43. The van der Waals surface area contributed by atoms with Crippen LogP contribution in [-0.2, 0) is 9.59 Å². The lowest BCUT2D eigenvalue weighted by Gasteiger charge is -2.38. The van der Waals surface area contributed by atoms with Crippen molar-refractivity contribution in [1.82, 2.24) is 19.5 Å². The summed E-state index contributed by atoms with van der Waals surface area (Å²) in [4.78, 5) is 31.2. The first-order chi connectivity index (χ1) is 12.6. The standard InChI is InChI=1S/C19H19N5O2/c1-23-17(25)8-7-14(18(23)13-5-3-2-4-6-13)19(26)22-16-9-11-20-15-10-12-21-24(15)16/h2-6,9-12,14,18H,7-8H2,1H3,(H,22,26)/t14-,18-/m0/s1. The number of amides is 2. The summed E-state index contributed by atoms with van der Waals surface area (Å²) in [6.07, 6.45) is 4.16. The third kappa shape index (κ3) is 2.81. The van der Waals surface area contributed by atoms with E-state index in [-0.39, 0.29) is 23.8 Å². The summed E-state index contributed by atoms with van der Waals surface area (Å²) >= 11 is 0. The Hall–Kier alpha value is -3.22. The molecule has 3 aromatic rings. The van der Waals surface area contributed by atoms with Crippen molar-refractivity contribution in [1.29, 1.82) is 0 Å². The number of nitrogens with zero attached hydrogens (tertiary/aromatic N) is 4. The third-order valence-electron chi connectivity index (χ3n) is 4.88. The van der Waals surface area contributed by atoms with Crippen LogP contribution in [0.4, 0.5) is 5.82 Å². The van der Waals surface area contributed by atoms with Crippen molar-refractivity contribution in [2.75, 3.05) is 12.4 Å². The van der Waals surface area contributed by atoms with Crippen LogP contribution in [0.2, 0.25) is 0 Å². The molecule has 0 radical (unpaired) electrons. The Morgan fingerprint density at radius 3 is 2.77 bits per heavy atom. The van der Waals surface area contributed by atoms with Gasteiger partial charge in [-0.3, -0.25) is 9.59 Å². The Balaban J connectivity index is 1.65. The van der Waals surface area contributed by atoms with Gasteiger partial charge in [0.25, 0.3) is 0 Å². The van der Waals surface area contributed by atoms with Gasteiger partial charge in [-0.1, -0.05) is 30.3 Å². The molecule has 7 nitrogen and oxygen atoms in total. The minimum absolute atomic E-state index is 0.0567. The largest absolute Gasteiger partial charge is 0.338 e. The van der Waals surface area contributed by atoms with Crippen molar-refractivity contribution in [3.05, 3.63) is 60.4 Å². The van der Waals surface area contributed by atoms with Crippen LogP contribution in [0.5, 0.6) is 0 Å². The molecule has 1 N–H and O–H groups in total. The summed E-state index contributed by atoms with van der Waals surface area (Å²) in [7, 11) is 1.76. The van der Waals surface area contributed by atoms with E-state index in [0.29, 0.717) is 24.3 Å². The number of likely N-dealkylation sites (tertiary alicyclic amines) is 1. The zero-order valence-corrected chi connectivity index (χ0v) is 14.4. The highest BCUT2D eigenvalue weighted by molar-refractivity contribution is 5.94. The van der Waals surface area contributed by atoms with Gasteiger partial charge in [-0.05, 0) is 18.1 Å². The van der Waals surface area contributed by atoms with Crippen LogP contribution < -0.4 is 5.32 Å². The second-order valence-corrected chi connectivity index (χ2v) is 6.43. The number of aromatic nitrogens is 3. The Bertz CT molecular complexity index is 953. The molecule has 3 heterocycles. The highest BCUT2D eigenvalue weighted by atomic mass is 16.2. The fourth-order valence-electron chi connectivity index (χ4n) is 3.57. The number of hydrogen-bond donors (Lipinski definition) is 1. The Morgan fingerprint density at radius 1 is 1.15 bits per heavy atom. The van der Waals surface area contributed by atoms with Crippen LogP contribution in [0.1, 0.15) is 24.4 Å². The Kier molecular flexibility index (Phi) is 4.12. The van der Waals surface area contributed by atoms with Gasteiger partial charge in [0.05, 0.1) is 18.2 Å². The fraction of sp³-hybridized carbons (Fsp3) is 0.263. The average Bonchev–Trinajstić information content (AvgIpc) is 3.14. The summed E-state index contributed by atoms with van der Waals surface area (Å²) in [5, 5.41) is 7.16. The number of fused-ring (bicyclic) bond motifs is 1. The number of benzene rings is 1. The number of rotatable bonds is 3. The van der Waals surface area contributed by atoms with Crippen molar-refractivity contribution in [3.63, 3.8) is 0 Å². The highest BCUT2D eigenvalue weighted by Gasteiger charge is 2.38. The van der Waals surface area contributed by atoms with E-state index < -0.39 is 0 Å². The maximum atomic E-state index is 13.1. The smallest absolute Gasteiger partial charge is 0.231 e. The minimum atomic E-state index is -0.334. The van der Waals surface area contributed by atoms with Crippen LogP contribution in [0, 0.1) is 5.92 Å². The molecule has 7 heteroatoms. The van der Waals surface area contributed by atoms with Gasteiger partial charge >= 0.3 is 0 Å². The molecule has 0 spiro atoms. The van der Waals surface area contributed by atoms with Gasteiger partial charge in [0, 0.05) is 25.7 Å². The molecule has 4 rings (SSSR count). The first kappa shape index (κ1) is 16.3. The van der Waals surface area contributed by atoms with Gasteiger partial charge in [0.1, 0.15) is 5.82 Å². The van der Waals surface area contributed by atoms with Crippen molar-refractivity contribution in [2.24, 2.45) is 5.92 Å². The lowest BCUT2D eigenvalue weighted by molar-refractivity contribution is -0.140. The molecular weight excluding hydrogens is 330 g/mol. The van der Waals surface area contributed by atoms with Crippen LogP contribution in [0.25, 0.3) is 5.65 Å². The van der Waals surface area contributed by atoms with Gasteiger partial charge in [0.2, 0.25) is 11.8 Å². The number of hydrogen-bond acceptors (Lipinski definition) is 4. The number of piperidine rings is 1. The predicted molar refractivity (Wildman–Crippen MR) is 96.3 cm³/mol. The molecule has 2 aromatic heterocycles. The van der Waals surface area contributed by atoms with Gasteiger partial charge in [-0.2, -0.15) is 9.61 Å². The number of carbonyl (C=O) groups excluding carboxylic acids is 2. The number of nitrogens with one attached hydrogen (secondary N) is 1. The topological polar surface area (TPSA) is 79.6 Å². The molecule has 26 heavy (non-hydrogen) atoms. The van der Waals surface area contributed by atoms with E-state index in [1.54, 1.807) is 41.0 Å². The van der Waals surface area contributed by atoms with E-state index in [1.807, 2.05) is 30.3 Å². The molecule has 1 fully saturated rings. The maximum absolute atomic E-state index is 13.1. The Morgan fingerprint density at radius 2 is 1.96 bits per heavy atom. The molecule has 1 aromatic carbocycles. The number of carbonyl (C=O) groups is 2. The number of anilines is 1. The molecule has 0 unspecified atom stereocenters. The van der Waals surface area contributed by atoms with E-state index in [4.69, 9.17) is 0 Å². The van der Waals surface area contributed by atoms with Crippen molar-refractivity contribution in [3.8, 4) is 0 Å². The first-order valence-corrected chi connectivity index (χ1v) is 8.55. The summed E-state index contributed by atoms with van der Waals surface area (Å²) < 4.78 is 1.59. The van der Waals surface area contributed by atoms with Crippen molar-refractivity contribution >= 4 is 23.3 Å². The van der Waals surface area contributed by atoms with Crippen LogP contribution in [0.15, 0.2) is 54.9 Å². The molecule has 1 aliphatic rings. The van der Waals surface area contributed by atoms with Crippen LogP contribution in [0.3, 0.4) is 0 Å². The van der Waals surface area contributed by atoms with E-state index in [1.165, 1.54) is 0 Å². The molecule has 2 amide bonds. The van der Waals surface area contributed by atoms with E-state index in [9.17, 15) is 9.59 Å². The molecule has 0 bridgehead atoms.